The third-order valence-electron chi connectivity index (χ3n) is 1.31. The van der Waals surface area contributed by atoms with Gasteiger partial charge in [0.05, 0.1) is 3.81 Å². The molecule has 0 radical (unpaired) electrons. The van der Waals surface area contributed by atoms with Crippen LogP contribution >= 0.6 is 27.7 Å². The van der Waals surface area contributed by atoms with E-state index in [2.05, 4.69) is 53.1 Å². The van der Waals surface area contributed by atoms with Gasteiger partial charge in [-0.15, -0.1) is 0 Å². The summed E-state index contributed by atoms with van der Waals surface area (Å²) in [5, 5.41) is 0. The van der Waals surface area contributed by atoms with Crippen LogP contribution in [-0.2, 0) is 0 Å². The van der Waals surface area contributed by atoms with Gasteiger partial charge in [-0.3, -0.25) is 4.90 Å². The van der Waals surface area contributed by atoms with Crippen LogP contribution in [0.1, 0.15) is 0 Å². The lowest BCUT2D eigenvalue weighted by Crippen LogP contribution is -2.34. The molecule has 0 aromatic heterocycles. The zero-order valence-corrected chi connectivity index (χ0v) is 8.74. The van der Waals surface area contributed by atoms with Gasteiger partial charge in [0.2, 0.25) is 0 Å². The molecule has 0 aliphatic carbocycles. The van der Waals surface area contributed by atoms with Gasteiger partial charge in [-0.1, -0.05) is 11.8 Å². The second-order valence-corrected chi connectivity index (χ2v) is 4.98. The molecule has 0 saturated carbocycles. The highest BCUT2D eigenvalue weighted by Crippen LogP contribution is 2.35. The summed E-state index contributed by atoms with van der Waals surface area (Å²) in [7, 11) is 6.23. The van der Waals surface area contributed by atoms with Crippen molar-refractivity contribution in [2.45, 2.75) is 5.50 Å². The largest absolute Gasteiger partial charge is 0.355 e. The van der Waals surface area contributed by atoms with Crippen molar-refractivity contribution in [2.75, 3.05) is 21.1 Å². The summed E-state index contributed by atoms with van der Waals surface area (Å²) in [4.78, 5) is 4.35. The van der Waals surface area contributed by atoms with E-state index in [1.54, 1.807) is 0 Å². The highest BCUT2D eigenvalue weighted by molar-refractivity contribution is 9.14. The molecule has 0 spiro atoms. The normalized spacial score (nSPS) is 25.9. The summed E-state index contributed by atoms with van der Waals surface area (Å²) >= 11 is 5.25. The number of hydrogen-bond donors (Lipinski definition) is 0. The lowest BCUT2D eigenvalue weighted by Gasteiger charge is -2.25. The Morgan fingerprint density at radius 1 is 1.70 bits per heavy atom. The number of halogens is 1. The van der Waals surface area contributed by atoms with Crippen molar-refractivity contribution in [2.24, 2.45) is 0 Å². The van der Waals surface area contributed by atoms with E-state index in [4.69, 9.17) is 0 Å². The first-order valence-corrected chi connectivity index (χ1v) is 4.71. The molecule has 4 heteroatoms. The smallest absolute Gasteiger partial charge is 0.134 e. The van der Waals surface area contributed by atoms with Crippen LogP contribution in [0.15, 0.2) is 10.0 Å². The molecule has 1 aliphatic rings. The standard InChI is InChI=1S/C6H11BrN2S/c1-8(2)6-9(3)4-5(7)10-6/h4,6H,1-3H3. The summed E-state index contributed by atoms with van der Waals surface area (Å²) < 4.78 is 1.20. The van der Waals surface area contributed by atoms with Crippen LogP contribution in [0.2, 0.25) is 0 Å². The Hall–Kier alpha value is 0.330. The molecule has 0 aromatic carbocycles. The van der Waals surface area contributed by atoms with E-state index < -0.39 is 0 Å². The fourth-order valence-electron chi connectivity index (χ4n) is 0.908. The zero-order valence-electron chi connectivity index (χ0n) is 6.34. The summed E-state index contributed by atoms with van der Waals surface area (Å²) in [6.45, 7) is 0. The van der Waals surface area contributed by atoms with Crippen LogP contribution in [0.3, 0.4) is 0 Å². The van der Waals surface area contributed by atoms with Gasteiger partial charge in [-0.05, 0) is 30.0 Å². The minimum atomic E-state index is 0.453. The van der Waals surface area contributed by atoms with Crippen LogP contribution in [-0.4, -0.2) is 36.4 Å². The van der Waals surface area contributed by atoms with Crippen molar-refractivity contribution >= 4 is 27.7 Å². The molecule has 1 rings (SSSR count). The molecule has 0 fully saturated rings. The monoisotopic (exact) mass is 222 g/mol. The number of hydrogen-bond acceptors (Lipinski definition) is 3. The third-order valence-corrected chi connectivity index (χ3v) is 3.37. The van der Waals surface area contributed by atoms with E-state index >= 15 is 0 Å². The van der Waals surface area contributed by atoms with Gasteiger partial charge in [0.25, 0.3) is 0 Å². The Bertz CT molecular complexity index is 158. The lowest BCUT2D eigenvalue weighted by molar-refractivity contribution is 0.239. The molecule has 1 atom stereocenters. The molecule has 10 heavy (non-hydrogen) atoms. The molecule has 58 valence electrons. The van der Waals surface area contributed by atoms with Crippen LogP contribution < -0.4 is 0 Å². The van der Waals surface area contributed by atoms with Crippen LogP contribution in [0.25, 0.3) is 0 Å². The molecule has 0 aromatic rings. The van der Waals surface area contributed by atoms with Crippen LogP contribution in [0.4, 0.5) is 0 Å². The first kappa shape index (κ1) is 8.43. The maximum atomic E-state index is 3.44. The van der Waals surface area contributed by atoms with Crippen molar-refractivity contribution in [3.63, 3.8) is 0 Å². The number of nitrogens with zero attached hydrogens (tertiary/aromatic N) is 2. The summed E-state index contributed by atoms with van der Waals surface area (Å²) in [6.07, 6.45) is 2.09. The average molecular weight is 223 g/mol. The fraction of sp³-hybridized carbons (Fsp3) is 0.667. The molecular formula is C6H11BrN2S. The maximum absolute atomic E-state index is 3.44. The van der Waals surface area contributed by atoms with E-state index in [9.17, 15) is 0 Å². The predicted octanol–water partition coefficient (Wildman–Crippen LogP) is 1.70. The van der Waals surface area contributed by atoms with Crippen molar-refractivity contribution in [1.82, 2.24) is 9.80 Å². The number of thioether (sulfide) groups is 1. The Morgan fingerprint density at radius 2 is 2.30 bits per heavy atom. The fourth-order valence-corrected chi connectivity index (χ4v) is 2.60. The first-order chi connectivity index (χ1) is 4.61. The van der Waals surface area contributed by atoms with E-state index in [1.807, 2.05) is 11.8 Å². The summed E-state index contributed by atoms with van der Waals surface area (Å²) in [6, 6.07) is 0. The van der Waals surface area contributed by atoms with Crippen LogP contribution in [0, 0.1) is 0 Å². The maximum Gasteiger partial charge on any atom is 0.134 e. The van der Waals surface area contributed by atoms with Gasteiger partial charge >= 0.3 is 0 Å². The highest BCUT2D eigenvalue weighted by Gasteiger charge is 2.22. The van der Waals surface area contributed by atoms with Crippen molar-refractivity contribution in [1.29, 1.82) is 0 Å². The predicted molar refractivity (Wildman–Crippen MR) is 49.8 cm³/mol. The molecule has 2 nitrogen and oxygen atoms in total. The van der Waals surface area contributed by atoms with Gasteiger partial charge in [-0.25, -0.2) is 0 Å². The second-order valence-electron chi connectivity index (χ2n) is 2.51. The van der Waals surface area contributed by atoms with Crippen molar-refractivity contribution in [3.8, 4) is 0 Å². The Morgan fingerprint density at radius 3 is 2.50 bits per heavy atom. The van der Waals surface area contributed by atoms with Gasteiger partial charge in [0.15, 0.2) is 0 Å². The minimum Gasteiger partial charge on any atom is -0.355 e. The van der Waals surface area contributed by atoms with Gasteiger partial charge < -0.3 is 4.90 Å². The zero-order chi connectivity index (χ0) is 7.72. The summed E-state index contributed by atoms with van der Waals surface area (Å²) in [5.41, 5.74) is 0.453. The quantitative estimate of drug-likeness (QED) is 0.668. The van der Waals surface area contributed by atoms with Gasteiger partial charge in [0, 0.05) is 13.2 Å². The van der Waals surface area contributed by atoms with E-state index in [0.717, 1.165) is 0 Å². The van der Waals surface area contributed by atoms with E-state index in [-0.39, 0.29) is 0 Å². The molecule has 0 saturated heterocycles. The molecule has 1 heterocycles. The average Bonchev–Trinajstić information content (AvgIpc) is 2.10. The SMILES string of the molecule is CN(C)C1SC(Br)=CN1C. The van der Waals surface area contributed by atoms with E-state index in [1.165, 1.54) is 3.81 Å². The number of rotatable bonds is 1. The lowest BCUT2D eigenvalue weighted by atomic mass is 10.7. The van der Waals surface area contributed by atoms with Crippen molar-refractivity contribution < 1.29 is 0 Å². The highest BCUT2D eigenvalue weighted by atomic mass is 79.9. The van der Waals surface area contributed by atoms with E-state index in [0.29, 0.717) is 5.50 Å². The summed E-state index contributed by atoms with van der Waals surface area (Å²) in [5.74, 6) is 0. The minimum absolute atomic E-state index is 0.453. The van der Waals surface area contributed by atoms with Gasteiger partial charge in [0.1, 0.15) is 5.50 Å². The Kier molecular flexibility index (Phi) is 2.66. The topological polar surface area (TPSA) is 6.48 Å². The third kappa shape index (κ3) is 1.68. The molecular weight excluding hydrogens is 212 g/mol. The van der Waals surface area contributed by atoms with Crippen molar-refractivity contribution in [3.05, 3.63) is 10.0 Å². The second kappa shape index (κ2) is 3.15. The molecule has 1 aliphatic heterocycles. The molecule has 0 bridgehead atoms. The Balaban J connectivity index is 2.55. The van der Waals surface area contributed by atoms with Gasteiger partial charge in [-0.2, -0.15) is 0 Å². The Labute approximate surface area is 74.4 Å². The molecule has 0 N–H and O–H groups in total. The van der Waals surface area contributed by atoms with Crippen LogP contribution in [0.5, 0.6) is 0 Å². The molecule has 0 amide bonds. The molecule has 1 unspecified atom stereocenters. The first-order valence-electron chi connectivity index (χ1n) is 3.03.